The van der Waals surface area contributed by atoms with Gasteiger partial charge >= 0.3 is 5.97 Å². The third kappa shape index (κ3) is 1.06. The SMILES string of the molecule is O=C1OC2(CCCC2)[C@H]2CCCC[C@@H]12. The number of carbonyl (C=O) groups is 1. The van der Waals surface area contributed by atoms with Gasteiger partial charge in [0.1, 0.15) is 5.60 Å². The van der Waals surface area contributed by atoms with E-state index in [9.17, 15) is 4.79 Å². The van der Waals surface area contributed by atoms with Gasteiger partial charge in [-0.1, -0.05) is 12.8 Å². The Kier molecular flexibility index (Phi) is 1.86. The molecule has 0 aromatic rings. The minimum Gasteiger partial charge on any atom is -0.459 e. The molecule has 2 nitrogen and oxygen atoms in total. The molecular formula is C12H18O2. The fraction of sp³-hybridized carbons (Fsp3) is 0.917. The lowest BCUT2D eigenvalue weighted by atomic mass is 9.72. The zero-order valence-corrected chi connectivity index (χ0v) is 8.63. The third-order valence-corrected chi connectivity index (χ3v) is 4.50. The first-order valence-electron chi connectivity index (χ1n) is 6.05. The molecule has 2 saturated carbocycles. The summed E-state index contributed by atoms with van der Waals surface area (Å²) in [6.45, 7) is 0. The summed E-state index contributed by atoms with van der Waals surface area (Å²) < 4.78 is 5.72. The molecule has 78 valence electrons. The van der Waals surface area contributed by atoms with Crippen LogP contribution in [0.2, 0.25) is 0 Å². The molecule has 3 rings (SSSR count). The molecule has 2 heteroatoms. The van der Waals surface area contributed by atoms with Crippen molar-refractivity contribution in [3.63, 3.8) is 0 Å². The van der Waals surface area contributed by atoms with E-state index in [0.29, 0.717) is 5.92 Å². The molecule has 1 saturated heterocycles. The van der Waals surface area contributed by atoms with Crippen LogP contribution in [0.3, 0.4) is 0 Å². The number of hydrogen-bond acceptors (Lipinski definition) is 2. The average Bonchev–Trinajstić information content (AvgIpc) is 2.77. The van der Waals surface area contributed by atoms with Crippen molar-refractivity contribution in [2.24, 2.45) is 11.8 Å². The van der Waals surface area contributed by atoms with E-state index in [2.05, 4.69) is 0 Å². The Morgan fingerprint density at radius 2 is 1.79 bits per heavy atom. The maximum atomic E-state index is 11.7. The first-order chi connectivity index (χ1) is 6.82. The van der Waals surface area contributed by atoms with Gasteiger partial charge in [-0.3, -0.25) is 4.79 Å². The average molecular weight is 194 g/mol. The summed E-state index contributed by atoms with van der Waals surface area (Å²) in [7, 11) is 0. The van der Waals surface area contributed by atoms with E-state index in [1.807, 2.05) is 0 Å². The molecule has 1 spiro atoms. The number of rotatable bonds is 0. The van der Waals surface area contributed by atoms with Crippen molar-refractivity contribution in [1.29, 1.82) is 0 Å². The molecule has 3 fully saturated rings. The lowest BCUT2D eigenvalue weighted by Crippen LogP contribution is -2.35. The summed E-state index contributed by atoms with van der Waals surface area (Å²) in [5, 5.41) is 0. The zero-order chi connectivity index (χ0) is 9.60. The van der Waals surface area contributed by atoms with Gasteiger partial charge in [0.15, 0.2) is 0 Å². The fourth-order valence-electron chi connectivity index (χ4n) is 3.84. The van der Waals surface area contributed by atoms with Gasteiger partial charge in [0, 0.05) is 5.92 Å². The van der Waals surface area contributed by atoms with E-state index >= 15 is 0 Å². The quantitative estimate of drug-likeness (QED) is 0.554. The molecule has 0 aromatic heterocycles. The van der Waals surface area contributed by atoms with E-state index < -0.39 is 0 Å². The minimum absolute atomic E-state index is 0.00215. The first-order valence-corrected chi connectivity index (χ1v) is 6.05. The summed E-state index contributed by atoms with van der Waals surface area (Å²) in [4.78, 5) is 11.7. The van der Waals surface area contributed by atoms with Crippen LogP contribution in [0.1, 0.15) is 51.4 Å². The second-order valence-electron chi connectivity index (χ2n) is 5.19. The van der Waals surface area contributed by atoms with Gasteiger partial charge in [0.05, 0.1) is 5.92 Å². The van der Waals surface area contributed by atoms with E-state index in [1.165, 1.54) is 32.1 Å². The van der Waals surface area contributed by atoms with Gasteiger partial charge in [0.2, 0.25) is 0 Å². The Morgan fingerprint density at radius 3 is 2.57 bits per heavy atom. The lowest BCUT2D eigenvalue weighted by Gasteiger charge is -2.32. The molecule has 2 aliphatic carbocycles. The van der Waals surface area contributed by atoms with E-state index in [-0.39, 0.29) is 17.5 Å². The van der Waals surface area contributed by atoms with Crippen molar-refractivity contribution in [2.75, 3.05) is 0 Å². The van der Waals surface area contributed by atoms with Crippen molar-refractivity contribution in [1.82, 2.24) is 0 Å². The standard InChI is InChI=1S/C12H18O2/c13-11-9-5-1-2-6-10(9)12(14-11)7-3-4-8-12/h9-10H,1-8H2/t9-,10+/m1/s1. The van der Waals surface area contributed by atoms with Crippen LogP contribution in [-0.4, -0.2) is 11.6 Å². The Morgan fingerprint density at radius 1 is 1.07 bits per heavy atom. The van der Waals surface area contributed by atoms with Gasteiger partial charge in [0.25, 0.3) is 0 Å². The summed E-state index contributed by atoms with van der Waals surface area (Å²) >= 11 is 0. The smallest absolute Gasteiger partial charge is 0.309 e. The summed E-state index contributed by atoms with van der Waals surface area (Å²) in [5.74, 6) is 0.963. The molecule has 0 N–H and O–H groups in total. The molecule has 0 unspecified atom stereocenters. The van der Waals surface area contributed by atoms with Crippen molar-refractivity contribution in [3.8, 4) is 0 Å². The molecule has 0 bridgehead atoms. The normalized spacial score (nSPS) is 39.9. The van der Waals surface area contributed by atoms with Crippen molar-refractivity contribution >= 4 is 5.97 Å². The van der Waals surface area contributed by atoms with E-state index in [4.69, 9.17) is 4.74 Å². The second kappa shape index (κ2) is 2.98. The predicted molar refractivity (Wildman–Crippen MR) is 52.7 cm³/mol. The van der Waals surface area contributed by atoms with Gasteiger partial charge in [-0.05, 0) is 38.5 Å². The Bertz CT molecular complexity index is 253. The molecule has 2 atom stereocenters. The number of ether oxygens (including phenoxy) is 1. The largest absolute Gasteiger partial charge is 0.459 e. The zero-order valence-electron chi connectivity index (χ0n) is 8.63. The number of hydrogen-bond donors (Lipinski definition) is 0. The van der Waals surface area contributed by atoms with Gasteiger partial charge in [-0.15, -0.1) is 0 Å². The van der Waals surface area contributed by atoms with Crippen LogP contribution < -0.4 is 0 Å². The van der Waals surface area contributed by atoms with Crippen LogP contribution in [-0.2, 0) is 9.53 Å². The van der Waals surface area contributed by atoms with Crippen LogP contribution in [0.5, 0.6) is 0 Å². The van der Waals surface area contributed by atoms with Crippen LogP contribution in [0.4, 0.5) is 0 Å². The van der Waals surface area contributed by atoms with Gasteiger partial charge in [-0.25, -0.2) is 0 Å². The Hall–Kier alpha value is -0.530. The highest BCUT2D eigenvalue weighted by Gasteiger charge is 2.56. The lowest BCUT2D eigenvalue weighted by molar-refractivity contribution is -0.150. The van der Waals surface area contributed by atoms with E-state index in [1.54, 1.807) is 0 Å². The van der Waals surface area contributed by atoms with Crippen LogP contribution in [0.15, 0.2) is 0 Å². The summed E-state index contributed by atoms with van der Waals surface area (Å²) in [6.07, 6.45) is 9.65. The Balaban J connectivity index is 1.90. The number of carbonyl (C=O) groups excluding carboxylic acids is 1. The molecule has 3 aliphatic rings. The first kappa shape index (κ1) is 8.75. The van der Waals surface area contributed by atoms with Crippen LogP contribution in [0.25, 0.3) is 0 Å². The predicted octanol–water partition coefficient (Wildman–Crippen LogP) is 2.66. The molecule has 1 heterocycles. The third-order valence-electron chi connectivity index (χ3n) is 4.50. The molecule has 1 aliphatic heterocycles. The molecule has 0 radical (unpaired) electrons. The molecule has 14 heavy (non-hydrogen) atoms. The van der Waals surface area contributed by atoms with Crippen molar-refractivity contribution in [3.05, 3.63) is 0 Å². The maximum absolute atomic E-state index is 11.7. The molecule has 0 amide bonds. The molecule has 0 aromatic carbocycles. The fourth-order valence-corrected chi connectivity index (χ4v) is 3.84. The van der Waals surface area contributed by atoms with Crippen LogP contribution >= 0.6 is 0 Å². The molecular weight excluding hydrogens is 176 g/mol. The maximum Gasteiger partial charge on any atom is 0.309 e. The minimum atomic E-state index is 0.00215. The number of esters is 1. The van der Waals surface area contributed by atoms with Gasteiger partial charge in [-0.2, -0.15) is 0 Å². The summed E-state index contributed by atoms with van der Waals surface area (Å²) in [5.41, 5.74) is 0.00215. The second-order valence-corrected chi connectivity index (χ2v) is 5.19. The highest BCUT2D eigenvalue weighted by Crippen LogP contribution is 2.52. The summed E-state index contributed by atoms with van der Waals surface area (Å²) in [6, 6.07) is 0. The van der Waals surface area contributed by atoms with Gasteiger partial charge < -0.3 is 4.74 Å². The van der Waals surface area contributed by atoms with Crippen molar-refractivity contribution < 1.29 is 9.53 Å². The monoisotopic (exact) mass is 194 g/mol. The highest BCUT2D eigenvalue weighted by atomic mass is 16.6. The van der Waals surface area contributed by atoms with Crippen molar-refractivity contribution in [2.45, 2.75) is 57.0 Å². The Labute approximate surface area is 85.0 Å². The highest BCUT2D eigenvalue weighted by molar-refractivity contribution is 5.76. The van der Waals surface area contributed by atoms with Crippen LogP contribution in [0, 0.1) is 11.8 Å². The number of fused-ring (bicyclic) bond motifs is 2. The topological polar surface area (TPSA) is 26.3 Å². The van der Waals surface area contributed by atoms with E-state index in [0.717, 1.165) is 19.3 Å².